The Balaban J connectivity index is 2.27. The lowest BCUT2D eigenvalue weighted by atomic mass is 9.83. The van der Waals surface area contributed by atoms with Crippen LogP contribution in [-0.2, 0) is 0 Å². The van der Waals surface area contributed by atoms with Crippen molar-refractivity contribution in [2.24, 2.45) is 0 Å². The van der Waals surface area contributed by atoms with Gasteiger partial charge in [0.25, 0.3) is 0 Å². The van der Waals surface area contributed by atoms with Gasteiger partial charge in [0.15, 0.2) is 5.78 Å². The lowest BCUT2D eigenvalue weighted by Gasteiger charge is -2.21. The first-order valence-corrected chi connectivity index (χ1v) is 5.22. The fourth-order valence-corrected chi connectivity index (χ4v) is 2.60. The van der Waals surface area contributed by atoms with Crippen LogP contribution in [0.5, 0.6) is 5.75 Å². The van der Waals surface area contributed by atoms with E-state index in [2.05, 4.69) is 12.1 Å². The summed E-state index contributed by atoms with van der Waals surface area (Å²) < 4.78 is 5.26. The quantitative estimate of drug-likeness (QED) is 0.696. The Hall–Kier alpha value is -1.57. The minimum Gasteiger partial charge on any atom is -0.496 e. The second-order valence-corrected chi connectivity index (χ2v) is 4.12. The van der Waals surface area contributed by atoms with E-state index in [1.165, 1.54) is 0 Å². The van der Waals surface area contributed by atoms with Gasteiger partial charge in [0, 0.05) is 0 Å². The summed E-state index contributed by atoms with van der Waals surface area (Å²) in [6.45, 7) is 0. The van der Waals surface area contributed by atoms with Crippen LogP contribution in [0, 0.1) is 0 Å². The maximum absolute atomic E-state index is 12.1. The van der Waals surface area contributed by atoms with Crippen LogP contribution in [0.15, 0.2) is 29.8 Å². The first-order chi connectivity index (χ1) is 7.31. The average Bonchev–Trinajstić information content (AvgIpc) is 2.71. The minimum absolute atomic E-state index is 0.163. The van der Waals surface area contributed by atoms with Crippen molar-refractivity contribution in [2.45, 2.75) is 18.8 Å². The van der Waals surface area contributed by atoms with Crippen LogP contribution >= 0.6 is 0 Å². The van der Waals surface area contributed by atoms with Gasteiger partial charge in [-0.1, -0.05) is 18.2 Å². The van der Waals surface area contributed by atoms with E-state index in [1.807, 2.05) is 12.1 Å². The number of hydrogen-bond acceptors (Lipinski definition) is 2. The van der Waals surface area contributed by atoms with Gasteiger partial charge in [-0.3, -0.25) is 4.79 Å². The number of allylic oxidation sites excluding steroid dienone is 2. The number of ether oxygens (including phenoxy) is 1. The van der Waals surface area contributed by atoms with Gasteiger partial charge in [-0.15, -0.1) is 0 Å². The third kappa shape index (κ3) is 1.08. The van der Waals surface area contributed by atoms with E-state index in [0.29, 0.717) is 5.92 Å². The fraction of sp³-hybridized carbons (Fsp3) is 0.308. The zero-order valence-corrected chi connectivity index (χ0v) is 8.62. The van der Waals surface area contributed by atoms with E-state index in [0.717, 1.165) is 35.3 Å². The second kappa shape index (κ2) is 2.96. The lowest BCUT2D eigenvalue weighted by Crippen LogP contribution is -2.15. The number of ketones is 1. The van der Waals surface area contributed by atoms with Gasteiger partial charge >= 0.3 is 0 Å². The van der Waals surface area contributed by atoms with Crippen molar-refractivity contribution in [1.29, 1.82) is 0 Å². The number of fused-ring (bicyclic) bond motifs is 4. The number of benzene rings is 1. The first-order valence-electron chi connectivity index (χ1n) is 5.22. The molecule has 1 atom stereocenters. The number of Topliss-reactive ketones (excluding diaryl/α,β-unsaturated/α-hetero) is 1. The minimum atomic E-state index is 0.163. The van der Waals surface area contributed by atoms with Crippen LogP contribution in [0.4, 0.5) is 0 Å². The first kappa shape index (κ1) is 8.72. The SMILES string of the molecule is COc1cccc2c1C(=O)C1=CCC2C1. The molecule has 2 nitrogen and oxygen atoms in total. The molecule has 0 fully saturated rings. The van der Waals surface area contributed by atoms with Crippen LogP contribution < -0.4 is 4.74 Å². The highest BCUT2D eigenvalue weighted by molar-refractivity contribution is 6.13. The molecule has 0 heterocycles. The van der Waals surface area contributed by atoms with Crippen LogP contribution in [0.3, 0.4) is 0 Å². The summed E-state index contributed by atoms with van der Waals surface area (Å²) in [7, 11) is 1.62. The molecule has 2 aliphatic rings. The van der Waals surface area contributed by atoms with Gasteiger partial charge in [-0.05, 0) is 36.0 Å². The van der Waals surface area contributed by atoms with E-state index in [1.54, 1.807) is 7.11 Å². The highest BCUT2D eigenvalue weighted by Crippen LogP contribution is 2.44. The van der Waals surface area contributed by atoms with Gasteiger partial charge in [0.1, 0.15) is 5.75 Å². The average molecular weight is 200 g/mol. The number of hydrogen-bond donors (Lipinski definition) is 0. The Morgan fingerprint density at radius 1 is 1.40 bits per heavy atom. The number of rotatable bonds is 1. The predicted molar refractivity (Wildman–Crippen MR) is 57.4 cm³/mol. The van der Waals surface area contributed by atoms with Crippen molar-refractivity contribution in [1.82, 2.24) is 0 Å². The number of carbonyl (C=O) groups is 1. The van der Waals surface area contributed by atoms with Crippen molar-refractivity contribution in [3.63, 3.8) is 0 Å². The van der Waals surface area contributed by atoms with Crippen molar-refractivity contribution < 1.29 is 9.53 Å². The van der Waals surface area contributed by atoms with Crippen molar-refractivity contribution in [3.05, 3.63) is 41.0 Å². The Bertz CT molecular complexity index is 471. The molecule has 15 heavy (non-hydrogen) atoms. The molecule has 0 spiro atoms. The van der Waals surface area contributed by atoms with Gasteiger partial charge in [-0.25, -0.2) is 0 Å². The van der Waals surface area contributed by atoms with Crippen LogP contribution in [0.2, 0.25) is 0 Å². The summed E-state index contributed by atoms with van der Waals surface area (Å²) in [5.41, 5.74) is 2.92. The van der Waals surface area contributed by atoms with Crippen molar-refractivity contribution >= 4 is 5.78 Å². The van der Waals surface area contributed by atoms with Gasteiger partial charge in [0.2, 0.25) is 0 Å². The predicted octanol–water partition coefficient (Wildman–Crippen LogP) is 2.70. The Morgan fingerprint density at radius 3 is 3.07 bits per heavy atom. The molecule has 2 aliphatic carbocycles. The van der Waals surface area contributed by atoms with E-state index in [9.17, 15) is 4.79 Å². The second-order valence-electron chi connectivity index (χ2n) is 4.12. The molecule has 1 aromatic rings. The highest BCUT2D eigenvalue weighted by Gasteiger charge is 2.34. The summed E-state index contributed by atoms with van der Waals surface area (Å²) >= 11 is 0. The Labute approximate surface area is 88.6 Å². The molecule has 2 bridgehead atoms. The van der Waals surface area contributed by atoms with Crippen molar-refractivity contribution in [2.75, 3.05) is 7.11 Å². The third-order valence-electron chi connectivity index (χ3n) is 3.35. The maximum Gasteiger partial charge on any atom is 0.192 e. The maximum atomic E-state index is 12.1. The topological polar surface area (TPSA) is 26.3 Å². The molecule has 0 radical (unpaired) electrons. The Morgan fingerprint density at radius 2 is 2.27 bits per heavy atom. The molecular formula is C13H12O2. The molecule has 3 rings (SSSR count). The van der Waals surface area contributed by atoms with Crippen LogP contribution in [0.25, 0.3) is 0 Å². The lowest BCUT2D eigenvalue weighted by molar-refractivity contribution is 0.102. The smallest absolute Gasteiger partial charge is 0.192 e. The normalized spacial score (nSPS) is 22.3. The largest absolute Gasteiger partial charge is 0.496 e. The molecule has 2 heteroatoms. The van der Waals surface area contributed by atoms with Crippen molar-refractivity contribution in [3.8, 4) is 5.75 Å². The van der Waals surface area contributed by atoms with E-state index in [-0.39, 0.29) is 5.78 Å². The highest BCUT2D eigenvalue weighted by atomic mass is 16.5. The molecule has 0 saturated heterocycles. The monoisotopic (exact) mass is 200 g/mol. The van der Waals surface area contributed by atoms with E-state index in [4.69, 9.17) is 4.74 Å². The van der Waals surface area contributed by atoms with Crippen LogP contribution in [-0.4, -0.2) is 12.9 Å². The summed E-state index contributed by atoms with van der Waals surface area (Å²) in [5.74, 6) is 1.38. The summed E-state index contributed by atoms with van der Waals surface area (Å²) in [5, 5.41) is 0. The molecule has 0 saturated carbocycles. The number of carbonyl (C=O) groups excluding carboxylic acids is 1. The summed E-state index contributed by atoms with van der Waals surface area (Å²) in [4.78, 5) is 12.1. The van der Waals surface area contributed by atoms with E-state index < -0.39 is 0 Å². The standard InChI is InChI=1S/C13H12O2/c1-15-11-4-2-3-10-8-5-6-9(7-8)13(14)12(10)11/h2-4,6,8H,5,7H2,1H3. The molecule has 1 aromatic carbocycles. The third-order valence-corrected chi connectivity index (χ3v) is 3.35. The molecular weight excluding hydrogens is 188 g/mol. The van der Waals surface area contributed by atoms with Gasteiger partial charge in [-0.2, -0.15) is 0 Å². The molecule has 0 aromatic heterocycles. The van der Waals surface area contributed by atoms with Crippen LogP contribution in [0.1, 0.15) is 34.7 Å². The molecule has 76 valence electrons. The summed E-state index contributed by atoms with van der Waals surface area (Å²) in [6, 6.07) is 5.88. The zero-order chi connectivity index (χ0) is 10.4. The van der Waals surface area contributed by atoms with Gasteiger partial charge in [0.05, 0.1) is 12.7 Å². The fourth-order valence-electron chi connectivity index (χ4n) is 2.60. The molecule has 1 unspecified atom stereocenters. The molecule has 0 amide bonds. The molecule has 0 N–H and O–H groups in total. The number of methoxy groups -OCH3 is 1. The summed E-state index contributed by atoms with van der Waals surface area (Å²) in [6.07, 6.45) is 3.99. The molecule has 0 aliphatic heterocycles. The van der Waals surface area contributed by atoms with E-state index >= 15 is 0 Å². The van der Waals surface area contributed by atoms with Gasteiger partial charge < -0.3 is 4.74 Å². The zero-order valence-electron chi connectivity index (χ0n) is 8.62. The Kier molecular flexibility index (Phi) is 1.72.